The molecular weight excluding hydrogens is 250 g/mol. The van der Waals surface area contributed by atoms with Gasteiger partial charge in [0.15, 0.2) is 11.9 Å². The summed E-state index contributed by atoms with van der Waals surface area (Å²) in [4.78, 5) is 18.7. The molecule has 0 heterocycles. The molecule has 0 aliphatic heterocycles. The molecule has 11 N–H and O–H groups in total. The smallest absolute Gasteiger partial charge is 0.323 e. The molecule has 0 aromatic carbocycles. The lowest BCUT2D eigenvalue weighted by molar-refractivity contribution is -0.144. The zero-order chi connectivity index (χ0) is 14.9. The summed E-state index contributed by atoms with van der Waals surface area (Å²) in [6, 6.07) is 0. The zero-order valence-electron chi connectivity index (χ0n) is 10.9. The van der Waals surface area contributed by atoms with E-state index in [-0.39, 0.29) is 24.8 Å². The number of nitrogens with zero attached hydrogens (tertiary/aromatic N) is 2. The molecule has 0 fully saturated rings. The second kappa shape index (κ2) is 8.14. The minimum atomic E-state index is -1.31. The topological polar surface area (TPSA) is 192 Å². The van der Waals surface area contributed by atoms with E-state index in [1.165, 1.54) is 0 Å². The Bertz CT molecular complexity index is 322. The summed E-state index contributed by atoms with van der Waals surface area (Å²) in [6.45, 7) is 0.699. The summed E-state index contributed by atoms with van der Waals surface area (Å²) in [5.74, 6) is -1.10. The molecule has 0 aliphatic rings. The molecule has 9 nitrogen and oxygen atoms in total. The van der Waals surface area contributed by atoms with Gasteiger partial charge in [0.2, 0.25) is 0 Å². The van der Waals surface area contributed by atoms with Gasteiger partial charge in [-0.1, -0.05) is 0 Å². The van der Waals surface area contributed by atoms with E-state index < -0.39 is 11.5 Å². The Labute approximate surface area is 111 Å². The van der Waals surface area contributed by atoms with Crippen LogP contribution in [0.15, 0.2) is 9.98 Å². The van der Waals surface area contributed by atoms with E-state index >= 15 is 0 Å². The number of carboxylic acid groups (broad SMARTS) is 1. The van der Waals surface area contributed by atoms with Gasteiger partial charge in [-0.05, 0) is 25.7 Å². The van der Waals surface area contributed by atoms with E-state index in [0.717, 1.165) is 0 Å². The maximum atomic E-state index is 11.2. The van der Waals surface area contributed by atoms with Crippen LogP contribution < -0.4 is 28.7 Å². The molecule has 0 saturated carbocycles. The van der Waals surface area contributed by atoms with Crippen LogP contribution in [0.4, 0.5) is 0 Å². The van der Waals surface area contributed by atoms with Crippen molar-refractivity contribution in [1.29, 1.82) is 0 Å². The third kappa shape index (κ3) is 7.82. The number of nitrogens with two attached hydrogens (primary N) is 5. The Morgan fingerprint density at radius 2 is 1.32 bits per heavy atom. The van der Waals surface area contributed by atoms with Crippen LogP contribution in [0.1, 0.15) is 25.7 Å². The second-order valence-corrected chi connectivity index (χ2v) is 4.28. The largest absolute Gasteiger partial charge is 0.480 e. The second-order valence-electron chi connectivity index (χ2n) is 4.28. The summed E-state index contributed by atoms with van der Waals surface area (Å²) >= 11 is 0. The van der Waals surface area contributed by atoms with Crippen molar-refractivity contribution in [2.24, 2.45) is 38.7 Å². The highest BCUT2D eigenvalue weighted by molar-refractivity contribution is 5.78. The van der Waals surface area contributed by atoms with Crippen molar-refractivity contribution in [3.8, 4) is 0 Å². The maximum absolute atomic E-state index is 11.2. The molecule has 0 atom stereocenters. The molecule has 0 rings (SSSR count). The lowest BCUT2D eigenvalue weighted by Gasteiger charge is -2.24. The van der Waals surface area contributed by atoms with Crippen LogP contribution in [-0.4, -0.2) is 41.6 Å². The molecule has 0 aromatic rings. The van der Waals surface area contributed by atoms with Gasteiger partial charge < -0.3 is 33.8 Å². The van der Waals surface area contributed by atoms with Crippen LogP contribution >= 0.6 is 0 Å². The maximum Gasteiger partial charge on any atom is 0.323 e. The Hall–Kier alpha value is -2.03. The predicted octanol–water partition coefficient (Wildman–Crippen LogP) is -2.12. The van der Waals surface area contributed by atoms with Crippen LogP contribution in [0.5, 0.6) is 0 Å². The van der Waals surface area contributed by atoms with E-state index in [2.05, 4.69) is 9.98 Å². The van der Waals surface area contributed by atoms with Crippen LogP contribution in [0.2, 0.25) is 0 Å². The number of guanidine groups is 2. The quantitative estimate of drug-likeness (QED) is 0.157. The zero-order valence-corrected chi connectivity index (χ0v) is 10.9. The molecule has 0 radical (unpaired) electrons. The summed E-state index contributed by atoms with van der Waals surface area (Å²) < 4.78 is 0. The van der Waals surface area contributed by atoms with Gasteiger partial charge in [-0.15, -0.1) is 0 Å². The van der Waals surface area contributed by atoms with Gasteiger partial charge in [0, 0.05) is 13.1 Å². The molecule has 0 saturated heterocycles. The van der Waals surface area contributed by atoms with Gasteiger partial charge in [-0.3, -0.25) is 14.8 Å². The van der Waals surface area contributed by atoms with E-state index in [1.807, 2.05) is 0 Å². The minimum Gasteiger partial charge on any atom is -0.480 e. The van der Waals surface area contributed by atoms with Crippen molar-refractivity contribution in [3.63, 3.8) is 0 Å². The first-order valence-corrected chi connectivity index (χ1v) is 5.91. The summed E-state index contributed by atoms with van der Waals surface area (Å²) in [6.07, 6.45) is 1.54. The van der Waals surface area contributed by atoms with E-state index in [1.54, 1.807) is 0 Å². The molecular formula is C10H23N7O2. The summed E-state index contributed by atoms with van der Waals surface area (Å²) in [7, 11) is 0. The standard InChI is InChI=1S/C10H23N7O2/c11-8(12)16-5-1-3-10(15,7(18)19)4-2-6-17-9(13)14/h1-6,15H2,(H,18,19)(H4,11,12,16)(H4,13,14,17). The van der Waals surface area contributed by atoms with E-state index in [9.17, 15) is 4.79 Å². The van der Waals surface area contributed by atoms with Gasteiger partial charge >= 0.3 is 5.97 Å². The Morgan fingerprint density at radius 3 is 1.58 bits per heavy atom. The van der Waals surface area contributed by atoms with Gasteiger partial charge in [-0.25, -0.2) is 0 Å². The lowest BCUT2D eigenvalue weighted by Crippen LogP contribution is -2.48. The molecule has 9 heteroatoms. The molecule has 0 aromatic heterocycles. The van der Waals surface area contributed by atoms with Crippen LogP contribution in [0, 0.1) is 0 Å². The number of carboxylic acids is 1. The molecule has 19 heavy (non-hydrogen) atoms. The molecule has 0 bridgehead atoms. The Kier molecular flexibility index (Phi) is 7.27. The summed E-state index contributed by atoms with van der Waals surface area (Å²) in [5, 5.41) is 9.15. The van der Waals surface area contributed by atoms with Crippen LogP contribution in [-0.2, 0) is 4.79 Å². The van der Waals surface area contributed by atoms with Crippen molar-refractivity contribution in [2.75, 3.05) is 13.1 Å². The first kappa shape index (κ1) is 17.0. The third-order valence-electron chi connectivity index (χ3n) is 2.58. The fraction of sp³-hybridized carbons (Fsp3) is 0.700. The lowest BCUT2D eigenvalue weighted by atomic mass is 9.89. The average Bonchev–Trinajstić information content (AvgIpc) is 2.29. The molecule has 0 aliphatic carbocycles. The number of rotatable bonds is 9. The van der Waals surface area contributed by atoms with Crippen molar-refractivity contribution >= 4 is 17.9 Å². The summed E-state index contributed by atoms with van der Waals surface area (Å²) in [5.41, 5.74) is 25.2. The molecule has 0 unspecified atom stereocenters. The fourth-order valence-electron chi connectivity index (χ4n) is 1.54. The number of hydrogen-bond acceptors (Lipinski definition) is 4. The van der Waals surface area contributed by atoms with Gasteiger partial charge in [0.1, 0.15) is 5.54 Å². The SMILES string of the molecule is NC(N)=NCCCC(N)(CCCN=C(N)N)C(=O)O. The van der Waals surface area contributed by atoms with E-state index in [0.29, 0.717) is 25.9 Å². The average molecular weight is 273 g/mol. The van der Waals surface area contributed by atoms with Crippen LogP contribution in [0.3, 0.4) is 0 Å². The highest BCUT2D eigenvalue weighted by atomic mass is 16.4. The van der Waals surface area contributed by atoms with Gasteiger partial charge in [0.05, 0.1) is 0 Å². The van der Waals surface area contributed by atoms with Crippen LogP contribution in [0.25, 0.3) is 0 Å². The molecule has 0 amide bonds. The van der Waals surface area contributed by atoms with Crippen molar-refractivity contribution in [3.05, 3.63) is 0 Å². The number of aliphatic imine (C=N–C) groups is 2. The first-order chi connectivity index (χ1) is 8.78. The number of hydrogen-bond donors (Lipinski definition) is 6. The first-order valence-electron chi connectivity index (χ1n) is 5.91. The van der Waals surface area contributed by atoms with Crippen molar-refractivity contribution in [1.82, 2.24) is 0 Å². The highest BCUT2D eigenvalue weighted by Crippen LogP contribution is 2.17. The fourth-order valence-corrected chi connectivity index (χ4v) is 1.54. The predicted molar refractivity (Wildman–Crippen MR) is 74.4 cm³/mol. The van der Waals surface area contributed by atoms with Crippen molar-refractivity contribution < 1.29 is 9.90 Å². The number of carbonyl (C=O) groups is 1. The Morgan fingerprint density at radius 1 is 0.947 bits per heavy atom. The van der Waals surface area contributed by atoms with Crippen molar-refractivity contribution in [2.45, 2.75) is 31.2 Å². The minimum absolute atomic E-state index is 0.0225. The molecule has 0 spiro atoms. The number of aliphatic carboxylic acids is 1. The van der Waals surface area contributed by atoms with E-state index in [4.69, 9.17) is 33.8 Å². The Balaban J connectivity index is 4.23. The normalized spacial score (nSPS) is 10.8. The monoisotopic (exact) mass is 273 g/mol. The highest BCUT2D eigenvalue weighted by Gasteiger charge is 2.32. The molecule has 110 valence electrons. The van der Waals surface area contributed by atoms with Gasteiger partial charge in [-0.2, -0.15) is 0 Å². The third-order valence-corrected chi connectivity index (χ3v) is 2.58. The van der Waals surface area contributed by atoms with Gasteiger partial charge in [0.25, 0.3) is 0 Å².